The van der Waals surface area contributed by atoms with E-state index in [0.717, 1.165) is 17.3 Å². The van der Waals surface area contributed by atoms with Gasteiger partial charge < -0.3 is 9.80 Å². The Bertz CT molecular complexity index is 1510. The first-order valence-corrected chi connectivity index (χ1v) is 13.2. The Hall–Kier alpha value is -3.66. The molecule has 1 unspecified atom stereocenters. The number of aryl methyl sites for hydroxylation is 4. The van der Waals surface area contributed by atoms with Crippen molar-refractivity contribution in [2.24, 2.45) is 5.41 Å². The Labute approximate surface area is 221 Å². The van der Waals surface area contributed by atoms with E-state index in [1.807, 2.05) is 6.20 Å². The summed E-state index contributed by atoms with van der Waals surface area (Å²) in [5.41, 5.74) is 10.6. The molecule has 1 atom stereocenters. The quantitative estimate of drug-likeness (QED) is 0.284. The van der Waals surface area contributed by atoms with Crippen molar-refractivity contribution in [3.8, 4) is 11.3 Å². The van der Waals surface area contributed by atoms with E-state index in [0.29, 0.717) is 0 Å². The molecule has 0 bridgehead atoms. The van der Waals surface area contributed by atoms with E-state index in [1.54, 1.807) is 0 Å². The van der Waals surface area contributed by atoms with Gasteiger partial charge in [-0.2, -0.15) is 0 Å². The standard InChI is InChI=1S/C33H36N4/c1-20-16-21(2)18-24(17-20)36-29-30(35-26(19-34-29)28-22(3)12-11-13-23(28)4)37-27-15-10-9-14-25(27)32(5,6)33(7,8)31(36)37/h9-19,31H,1-8H3. The lowest BCUT2D eigenvalue weighted by Gasteiger charge is -2.56. The second-order valence-electron chi connectivity index (χ2n) is 12.0. The topological polar surface area (TPSA) is 32.3 Å². The molecule has 4 heteroatoms. The lowest BCUT2D eigenvalue weighted by molar-refractivity contribution is 0.146. The molecule has 6 rings (SSSR count). The van der Waals surface area contributed by atoms with Crippen molar-refractivity contribution in [3.63, 3.8) is 0 Å². The second-order valence-corrected chi connectivity index (χ2v) is 12.0. The van der Waals surface area contributed by atoms with E-state index in [4.69, 9.17) is 9.97 Å². The highest BCUT2D eigenvalue weighted by Gasteiger charge is 2.58. The molecule has 2 aliphatic rings. The van der Waals surface area contributed by atoms with Crippen molar-refractivity contribution in [2.75, 3.05) is 9.80 Å². The molecule has 3 heterocycles. The molecule has 0 aliphatic carbocycles. The fraction of sp³-hybridized carbons (Fsp3) is 0.333. The number of hydrogen-bond acceptors (Lipinski definition) is 4. The highest BCUT2D eigenvalue weighted by Crippen LogP contribution is 2.61. The third kappa shape index (κ3) is 3.28. The molecule has 3 aromatic carbocycles. The first-order chi connectivity index (χ1) is 17.5. The highest BCUT2D eigenvalue weighted by molar-refractivity contribution is 5.88. The summed E-state index contributed by atoms with van der Waals surface area (Å²) in [6.45, 7) is 18.2. The van der Waals surface area contributed by atoms with Crippen LogP contribution < -0.4 is 9.80 Å². The maximum atomic E-state index is 5.38. The van der Waals surface area contributed by atoms with Gasteiger partial charge in [-0.3, -0.25) is 0 Å². The summed E-state index contributed by atoms with van der Waals surface area (Å²) in [7, 11) is 0. The maximum Gasteiger partial charge on any atom is 0.179 e. The fourth-order valence-corrected chi connectivity index (χ4v) is 6.52. The van der Waals surface area contributed by atoms with Gasteiger partial charge in [0, 0.05) is 27.8 Å². The van der Waals surface area contributed by atoms with Crippen LogP contribution in [0.5, 0.6) is 0 Å². The lowest BCUT2D eigenvalue weighted by Crippen LogP contribution is -2.60. The largest absolute Gasteiger partial charge is 0.301 e. The number of benzene rings is 3. The molecule has 1 aromatic heterocycles. The van der Waals surface area contributed by atoms with E-state index in [9.17, 15) is 0 Å². The van der Waals surface area contributed by atoms with E-state index in [1.165, 1.54) is 44.8 Å². The summed E-state index contributed by atoms with van der Waals surface area (Å²) in [6, 6.07) is 22.1. The summed E-state index contributed by atoms with van der Waals surface area (Å²) < 4.78 is 0. The van der Waals surface area contributed by atoms with Gasteiger partial charge in [0.15, 0.2) is 11.6 Å². The third-order valence-electron chi connectivity index (χ3n) is 9.00. The Balaban J connectivity index is 1.67. The van der Waals surface area contributed by atoms with Crippen molar-refractivity contribution >= 4 is 23.0 Å². The summed E-state index contributed by atoms with van der Waals surface area (Å²) in [4.78, 5) is 15.4. The smallest absolute Gasteiger partial charge is 0.179 e. The van der Waals surface area contributed by atoms with Crippen LogP contribution >= 0.6 is 0 Å². The second kappa shape index (κ2) is 7.92. The van der Waals surface area contributed by atoms with E-state index in [-0.39, 0.29) is 17.0 Å². The van der Waals surface area contributed by atoms with Gasteiger partial charge in [-0.15, -0.1) is 0 Å². The minimum absolute atomic E-state index is 0.0295. The van der Waals surface area contributed by atoms with Crippen LogP contribution in [0.4, 0.5) is 23.0 Å². The first kappa shape index (κ1) is 23.7. The zero-order valence-corrected chi connectivity index (χ0v) is 23.2. The molecule has 0 saturated heterocycles. The monoisotopic (exact) mass is 488 g/mol. The third-order valence-corrected chi connectivity index (χ3v) is 9.00. The van der Waals surface area contributed by atoms with Crippen LogP contribution in [-0.2, 0) is 5.41 Å². The van der Waals surface area contributed by atoms with Crippen molar-refractivity contribution in [1.82, 2.24) is 9.97 Å². The van der Waals surface area contributed by atoms with Gasteiger partial charge >= 0.3 is 0 Å². The maximum absolute atomic E-state index is 5.38. The Morgan fingerprint density at radius 2 is 1.38 bits per heavy atom. The molecule has 188 valence electrons. The Kier molecular flexibility index (Phi) is 5.08. The molecule has 4 aromatic rings. The first-order valence-electron chi connectivity index (χ1n) is 13.2. The number of hydrogen-bond donors (Lipinski definition) is 0. The van der Waals surface area contributed by atoms with Gasteiger partial charge in [0.25, 0.3) is 0 Å². The van der Waals surface area contributed by atoms with Gasteiger partial charge in [0.1, 0.15) is 6.17 Å². The van der Waals surface area contributed by atoms with Gasteiger partial charge in [0.05, 0.1) is 11.9 Å². The molecule has 0 fully saturated rings. The minimum atomic E-state index is -0.125. The molecule has 0 radical (unpaired) electrons. The van der Waals surface area contributed by atoms with Gasteiger partial charge in [-0.25, -0.2) is 9.97 Å². The van der Waals surface area contributed by atoms with E-state index in [2.05, 4.69) is 126 Å². The average molecular weight is 489 g/mol. The average Bonchev–Trinajstić information content (AvgIpc) is 3.18. The van der Waals surface area contributed by atoms with E-state index >= 15 is 0 Å². The van der Waals surface area contributed by atoms with E-state index < -0.39 is 0 Å². The minimum Gasteiger partial charge on any atom is -0.301 e. The summed E-state index contributed by atoms with van der Waals surface area (Å²) in [5, 5.41) is 0. The van der Waals surface area contributed by atoms with Crippen LogP contribution in [0.15, 0.2) is 66.9 Å². The number of para-hydroxylation sites is 1. The zero-order chi connectivity index (χ0) is 26.3. The predicted octanol–water partition coefficient (Wildman–Crippen LogP) is 8.31. The summed E-state index contributed by atoms with van der Waals surface area (Å²) in [5.74, 6) is 1.85. The molecule has 4 nitrogen and oxygen atoms in total. The van der Waals surface area contributed by atoms with Crippen molar-refractivity contribution in [1.29, 1.82) is 0 Å². The summed E-state index contributed by atoms with van der Waals surface area (Å²) in [6.07, 6.45) is 1.99. The number of fused-ring (bicyclic) bond motifs is 5. The predicted molar refractivity (Wildman–Crippen MR) is 154 cm³/mol. The van der Waals surface area contributed by atoms with Crippen molar-refractivity contribution < 1.29 is 0 Å². The fourth-order valence-electron chi connectivity index (χ4n) is 6.52. The van der Waals surface area contributed by atoms with Crippen LogP contribution in [-0.4, -0.2) is 16.1 Å². The van der Waals surface area contributed by atoms with Gasteiger partial charge in [-0.1, -0.05) is 70.2 Å². The molecule has 0 spiro atoms. The van der Waals surface area contributed by atoms with Crippen molar-refractivity contribution in [3.05, 3.63) is 94.7 Å². The summed E-state index contributed by atoms with van der Waals surface area (Å²) >= 11 is 0. The van der Waals surface area contributed by atoms with Crippen LogP contribution in [0.3, 0.4) is 0 Å². The normalized spacial score (nSPS) is 18.9. The molecular weight excluding hydrogens is 452 g/mol. The number of aromatic nitrogens is 2. The Morgan fingerprint density at radius 1 is 0.730 bits per heavy atom. The number of rotatable bonds is 2. The SMILES string of the molecule is Cc1cc(C)cc(N2c3ncc(-c4c(C)cccc4C)nc3N3c4ccccc4C(C)(C)C(C)(C)C23)c1. The molecule has 0 N–H and O–H groups in total. The molecule has 37 heavy (non-hydrogen) atoms. The molecule has 0 saturated carbocycles. The van der Waals surface area contributed by atoms with Crippen LogP contribution in [0, 0.1) is 33.1 Å². The van der Waals surface area contributed by atoms with Crippen LogP contribution in [0.25, 0.3) is 11.3 Å². The van der Waals surface area contributed by atoms with Crippen LogP contribution in [0.2, 0.25) is 0 Å². The Morgan fingerprint density at radius 3 is 2.05 bits per heavy atom. The van der Waals surface area contributed by atoms with Gasteiger partial charge in [0.2, 0.25) is 0 Å². The highest BCUT2D eigenvalue weighted by atomic mass is 15.5. The lowest BCUT2D eigenvalue weighted by atomic mass is 9.59. The number of nitrogens with zero attached hydrogens (tertiary/aromatic N) is 4. The van der Waals surface area contributed by atoms with Crippen LogP contribution in [0.1, 0.15) is 55.5 Å². The van der Waals surface area contributed by atoms with Crippen molar-refractivity contribution in [2.45, 2.75) is 67.0 Å². The molecule has 0 amide bonds. The molecular formula is C33H36N4. The number of anilines is 4. The zero-order valence-electron chi connectivity index (χ0n) is 23.2. The van der Waals surface area contributed by atoms with Gasteiger partial charge in [-0.05, 0) is 73.7 Å². The molecule has 2 aliphatic heterocycles.